The van der Waals surface area contributed by atoms with Crippen molar-refractivity contribution in [2.75, 3.05) is 0 Å². The minimum atomic E-state index is -0.812. The third-order valence-electron chi connectivity index (χ3n) is 2.86. The molecule has 0 atom stereocenters. The van der Waals surface area contributed by atoms with E-state index in [9.17, 15) is 19.3 Å². The zero-order chi connectivity index (χ0) is 16.3. The van der Waals surface area contributed by atoms with Crippen LogP contribution in [0.4, 0.5) is 10.1 Å². The Morgan fingerprint density at radius 3 is 2.59 bits per heavy atom. The number of nitro groups is 1. The van der Waals surface area contributed by atoms with Crippen LogP contribution in [0.25, 0.3) is 0 Å². The van der Waals surface area contributed by atoms with Crippen molar-refractivity contribution in [3.63, 3.8) is 0 Å². The molecule has 0 aliphatic rings. The van der Waals surface area contributed by atoms with Gasteiger partial charge in [-0.2, -0.15) is 0 Å². The zero-order valence-corrected chi connectivity index (χ0v) is 12.5. The van der Waals surface area contributed by atoms with Gasteiger partial charge in [-0.1, -0.05) is 29.3 Å². The van der Waals surface area contributed by atoms with Gasteiger partial charge in [-0.3, -0.25) is 14.9 Å². The quantitative estimate of drug-likeness (QED) is 0.674. The Morgan fingerprint density at radius 1 is 1.23 bits per heavy atom. The second kappa shape index (κ2) is 6.72. The molecule has 8 heteroatoms. The number of hydrogen-bond donors (Lipinski definition) is 1. The van der Waals surface area contributed by atoms with E-state index in [0.29, 0.717) is 21.7 Å². The first-order valence-electron chi connectivity index (χ1n) is 6.04. The van der Waals surface area contributed by atoms with Crippen molar-refractivity contribution < 1.29 is 14.1 Å². The number of nitrogens with one attached hydrogen (secondary N) is 1. The lowest BCUT2D eigenvalue weighted by Crippen LogP contribution is -2.24. The van der Waals surface area contributed by atoms with Crippen LogP contribution < -0.4 is 5.32 Å². The van der Waals surface area contributed by atoms with Gasteiger partial charge in [-0.05, 0) is 29.8 Å². The molecule has 5 nitrogen and oxygen atoms in total. The number of nitro benzene ring substituents is 1. The Kier molecular flexibility index (Phi) is 4.95. The summed E-state index contributed by atoms with van der Waals surface area (Å²) in [7, 11) is 0. The Hall–Kier alpha value is -2.18. The molecule has 2 aromatic carbocycles. The largest absolute Gasteiger partial charge is 0.348 e. The first-order chi connectivity index (χ1) is 10.4. The predicted molar refractivity (Wildman–Crippen MR) is 80.7 cm³/mol. The average Bonchev–Trinajstić information content (AvgIpc) is 2.45. The smallest absolute Gasteiger partial charge is 0.285 e. The van der Waals surface area contributed by atoms with Crippen LogP contribution in [0, 0.1) is 15.9 Å². The zero-order valence-electron chi connectivity index (χ0n) is 11.0. The summed E-state index contributed by atoms with van der Waals surface area (Å²) in [6.07, 6.45) is 0. The van der Waals surface area contributed by atoms with Gasteiger partial charge in [-0.25, -0.2) is 4.39 Å². The molecule has 0 spiro atoms. The number of nitrogens with zero attached hydrogens (tertiary/aromatic N) is 1. The summed E-state index contributed by atoms with van der Waals surface area (Å²) in [5.41, 5.74) is -0.222. The van der Waals surface area contributed by atoms with E-state index in [1.165, 1.54) is 6.07 Å². The maximum absolute atomic E-state index is 13.0. The molecule has 2 aromatic rings. The van der Waals surface area contributed by atoms with Crippen LogP contribution >= 0.6 is 23.2 Å². The number of hydrogen-bond acceptors (Lipinski definition) is 3. The summed E-state index contributed by atoms with van der Waals surface area (Å²) in [6.45, 7) is 0.0589. The van der Waals surface area contributed by atoms with E-state index in [2.05, 4.69) is 5.32 Å². The molecule has 0 aliphatic carbocycles. The van der Waals surface area contributed by atoms with Crippen LogP contribution in [0.15, 0.2) is 36.4 Å². The van der Waals surface area contributed by atoms with Crippen molar-refractivity contribution in [3.8, 4) is 0 Å². The van der Waals surface area contributed by atoms with Crippen molar-refractivity contribution >= 4 is 34.8 Å². The number of carbonyl (C=O) groups is 1. The molecule has 0 radical (unpaired) electrons. The average molecular weight is 343 g/mol. The molecule has 0 aromatic heterocycles. The molecule has 2 rings (SSSR count). The van der Waals surface area contributed by atoms with E-state index in [1.807, 2.05) is 0 Å². The predicted octanol–water partition coefficient (Wildman–Crippen LogP) is 3.97. The van der Waals surface area contributed by atoms with E-state index < -0.39 is 22.3 Å². The number of rotatable bonds is 4. The Morgan fingerprint density at radius 2 is 1.95 bits per heavy atom. The van der Waals surface area contributed by atoms with E-state index in [4.69, 9.17) is 23.2 Å². The van der Waals surface area contributed by atoms with Gasteiger partial charge in [-0.15, -0.1) is 0 Å². The van der Waals surface area contributed by atoms with Crippen molar-refractivity contribution in [2.45, 2.75) is 6.54 Å². The first-order valence-corrected chi connectivity index (χ1v) is 6.80. The second-order valence-electron chi connectivity index (χ2n) is 4.34. The van der Waals surface area contributed by atoms with Gasteiger partial charge in [0.05, 0.1) is 11.0 Å². The number of benzene rings is 2. The highest BCUT2D eigenvalue weighted by Gasteiger charge is 2.20. The van der Waals surface area contributed by atoms with Crippen molar-refractivity contribution in [1.82, 2.24) is 5.32 Å². The number of halogens is 3. The highest BCUT2D eigenvalue weighted by Crippen LogP contribution is 2.22. The summed E-state index contributed by atoms with van der Waals surface area (Å²) in [5.74, 6) is -1.48. The van der Waals surface area contributed by atoms with E-state index >= 15 is 0 Å². The fraction of sp³-hybridized carbons (Fsp3) is 0.0714. The van der Waals surface area contributed by atoms with Gasteiger partial charge in [0.25, 0.3) is 11.6 Å². The number of amides is 1. The summed E-state index contributed by atoms with van der Waals surface area (Å²) in [4.78, 5) is 22.1. The lowest BCUT2D eigenvalue weighted by Gasteiger charge is -2.08. The molecule has 0 saturated carbocycles. The third-order valence-corrected chi connectivity index (χ3v) is 3.44. The van der Waals surface area contributed by atoms with Crippen LogP contribution in [-0.2, 0) is 6.54 Å². The lowest BCUT2D eigenvalue weighted by atomic mass is 10.1. The summed E-state index contributed by atoms with van der Waals surface area (Å²) in [6, 6.07) is 7.50. The lowest BCUT2D eigenvalue weighted by molar-refractivity contribution is -0.385. The Bertz CT molecular complexity index is 753. The molecular weight excluding hydrogens is 334 g/mol. The molecule has 22 heavy (non-hydrogen) atoms. The highest BCUT2D eigenvalue weighted by molar-refractivity contribution is 6.35. The van der Waals surface area contributed by atoms with Gasteiger partial charge in [0.15, 0.2) is 0 Å². The molecule has 0 unspecified atom stereocenters. The van der Waals surface area contributed by atoms with Crippen LogP contribution in [-0.4, -0.2) is 10.8 Å². The van der Waals surface area contributed by atoms with Gasteiger partial charge in [0, 0.05) is 16.6 Å². The SMILES string of the molecule is O=C(NCc1ccc(Cl)cc1Cl)c1ccc(F)cc1[N+](=O)[O-]. The van der Waals surface area contributed by atoms with Crippen LogP contribution in [0.2, 0.25) is 10.0 Å². The van der Waals surface area contributed by atoms with Crippen molar-refractivity contribution in [3.05, 3.63) is 73.5 Å². The molecule has 0 heterocycles. The topological polar surface area (TPSA) is 72.2 Å². The van der Waals surface area contributed by atoms with E-state index in [-0.39, 0.29) is 12.1 Å². The van der Waals surface area contributed by atoms with Crippen molar-refractivity contribution in [2.24, 2.45) is 0 Å². The maximum Gasteiger partial charge on any atom is 0.285 e. The van der Waals surface area contributed by atoms with E-state index in [0.717, 1.165) is 12.1 Å². The van der Waals surface area contributed by atoms with Crippen LogP contribution in [0.1, 0.15) is 15.9 Å². The molecule has 0 bridgehead atoms. The van der Waals surface area contributed by atoms with Crippen LogP contribution in [0.3, 0.4) is 0 Å². The van der Waals surface area contributed by atoms with Gasteiger partial charge >= 0.3 is 0 Å². The van der Waals surface area contributed by atoms with Gasteiger partial charge in [0.1, 0.15) is 11.4 Å². The monoisotopic (exact) mass is 342 g/mol. The molecule has 1 N–H and O–H groups in total. The van der Waals surface area contributed by atoms with Gasteiger partial charge < -0.3 is 5.32 Å². The van der Waals surface area contributed by atoms with Crippen LogP contribution in [0.5, 0.6) is 0 Å². The van der Waals surface area contributed by atoms with Crippen molar-refractivity contribution in [1.29, 1.82) is 0 Å². The fourth-order valence-electron chi connectivity index (χ4n) is 1.78. The third kappa shape index (κ3) is 3.72. The molecule has 0 aliphatic heterocycles. The summed E-state index contributed by atoms with van der Waals surface area (Å²) in [5, 5.41) is 14.2. The molecule has 1 amide bonds. The second-order valence-corrected chi connectivity index (χ2v) is 5.18. The standard InChI is InChI=1S/C14H9Cl2FN2O3/c15-9-2-1-8(12(16)5-9)7-18-14(20)11-4-3-10(17)6-13(11)19(21)22/h1-6H,7H2,(H,18,20). The van der Waals surface area contributed by atoms with Gasteiger partial charge in [0.2, 0.25) is 0 Å². The minimum Gasteiger partial charge on any atom is -0.348 e. The first kappa shape index (κ1) is 16.2. The molecular formula is C14H9Cl2FN2O3. The molecule has 114 valence electrons. The maximum atomic E-state index is 13.0. The minimum absolute atomic E-state index is 0.0589. The highest BCUT2D eigenvalue weighted by atomic mass is 35.5. The molecule has 0 saturated heterocycles. The summed E-state index contributed by atoms with van der Waals surface area (Å²) < 4.78 is 13.0. The normalized spacial score (nSPS) is 10.3. The molecule has 0 fully saturated rings. The Labute approximate surface area is 134 Å². The fourth-order valence-corrected chi connectivity index (χ4v) is 2.26. The van der Waals surface area contributed by atoms with E-state index in [1.54, 1.807) is 12.1 Å². The number of carbonyl (C=O) groups excluding carboxylic acids is 1. The summed E-state index contributed by atoms with van der Waals surface area (Å²) >= 11 is 11.7. The Balaban J connectivity index is 2.18.